The number of hydrogen-bond donors (Lipinski definition) is 0. The SMILES string of the molecule is [Bi].[Bi].[Bi].[Bi].[Sb+3].[Sb+3].[Sb+3].[Sb+3].[Se-2].[Se-2].[Se-2].[Te-2].[Te-2].[Te-2]. The molecule has 0 aliphatic carbocycles. The quantitative estimate of drug-likeness (QED) is 0.213. The van der Waals surface area contributed by atoms with Gasteiger partial charge in [0.15, 0.2) is 0 Å². The van der Waals surface area contributed by atoms with Gasteiger partial charge in [-0.15, -0.1) is 0 Å². The standard InChI is InChI=1S/4Bi.4Sb.3Se.3Te/q;;;;4*+3;6*-2. The Bertz CT molecular complexity index is 27.8. The smallest absolute Gasteiger partial charge is 2.00 e. The van der Waals surface area contributed by atoms with E-state index in [1.54, 1.807) is 0 Å². The van der Waals surface area contributed by atoms with Gasteiger partial charge in [0.2, 0.25) is 0 Å². The monoisotopic (exact) mass is 1950 g/mol. The maximum absolute atomic E-state index is 0. The molecule has 0 fully saturated rings. The Balaban J connectivity index is 0. The third kappa shape index (κ3) is 93.2. The van der Waals surface area contributed by atoms with Crippen molar-refractivity contribution in [1.82, 2.24) is 0 Å². The van der Waals surface area contributed by atoms with Crippen molar-refractivity contribution in [1.29, 1.82) is 0 Å². The molecule has 0 heterocycles. The van der Waals surface area contributed by atoms with Gasteiger partial charge in [-0.3, -0.25) is 0 Å². The van der Waals surface area contributed by atoms with Gasteiger partial charge in [0, 0.05) is 105 Å². The van der Waals surface area contributed by atoms with E-state index in [4.69, 9.17) is 0 Å². The maximum atomic E-state index is 0. The summed E-state index contributed by atoms with van der Waals surface area (Å²) in [6, 6.07) is 0. The minimum Gasteiger partial charge on any atom is -2.00 e. The molecule has 0 saturated carbocycles. The molecule has 0 aliphatic rings. The van der Waals surface area contributed by atoms with Gasteiger partial charge in [0.1, 0.15) is 0 Å². The molecule has 0 saturated heterocycles. The maximum Gasteiger partial charge on any atom is 3.00 e. The Morgan fingerprint density at radius 3 is 0.286 bits per heavy atom. The van der Waals surface area contributed by atoms with E-state index in [1.165, 1.54) is 0 Å². The Hall–Kier alpha value is 10.7. The van der Waals surface area contributed by atoms with Crippen LogP contribution in [0.2, 0.25) is 0 Å². The number of hydrogen-bond acceptors (Lipinski definition) is 0. The summed E-state index contributed by atoms with van der Waals surface area (Å²) in [4.78, 5) is 0. The van der Waals surface area contributed by atoms with Crippen molar-refractivity contribution < 1.29 is 0 Å². The van der Waals surface area contributed by atoms with Crippen molar-refractivity contribution in [2.75, 3.05) is 0 Å². The zero-order valence-corrected chi connectivity index (χ0v) is 42.3. The van der Waals surface area contributed by atoms with E-state index in [-0.39, 0.29) is 325 Å². The van der Waals surface area contributed by atoms with Gasteiger partial charge < -0.3 is 122 Å². The largest absolute Gasteiger partial charge is 3.00 e. The predicted octanol–water partition coefficient (Wildman–Crippen LogP) is -5.33. The van der Waals surface area contributed by atoms with Crippen LogP contribution in [0.3, 0.4) is 0 Å². The van der Waals surface area contributed by atoms with E-state index < -0.39 is 0 Å². The molecule has 14 heavy (non-hydrogen) atoms. The first-order chi connectivity index (χ1) is 0. The average molecular weight is 1940 g/mol. The van der Waals surface area contributed by atoms with Crippen molar-refractivity contribution in [3.05, 3.63) is 0 Å². The van der Waals surface area contributed by atoms with Gasteiger partial charge in [-0.1, -0.05) is 0 Å². The Kier molecular flexibility index (Phi) is 920. The molecule has 0 aliphatic heterocycles. The summed E-state index contributed by atoms with van der Waals surface area (Å²) < 4.78 is 0. The average Bonchev–Trinajstić information content (AvgIpc) is 0. The second kappa shape index (κ2) is 106. The normalized spacial score (nSPS) is 0. The molecule has 0 unspecified atom stereocenters. The first-order valence-electron chi connectivity index (χ1n) is 0. The first-order valence-corrected chi connectivity index (χ1v) is 0. The van der Waals surface area contributed by atoms with Crippen molar-refractivity contribution in [2.45, 2.75) is 0 Å². The molecule has 0 aromatic carbocycles. The Morgan fingerprint density at radius 2 is 0.286 bits per heavy atom. The summed E-state index contributed by atoms with van der Waals surface area (Å²) in [5, 5.41) is 0. The third-order valence-corrected chi connectivity index (χ3v) is 0. The molecule has 0 nitrogen and oxygen atoms in total. The van der Waals surface area contributed by atoms with Gasteiger partial charge in [-0.05, 0) is 0 Å². The summed E-state index contributed by atoms with van der Waals surface area (Å²) in [5.74, 6) is 0. The van der Waals surface area contributed by atoms with Crippen LogP contribution in [-0.2, 0) is 0 Å². The topological polar surface area (TPSA) is 0 Å². The fourth-order valence-electron chi connectivity index (χ4n) is 0. The van der Waals surface area contributed by atoms with Crippen LogP contribution in [0.1, 0.15) is 0 Å². The van der Waals surface area contributed by atoms with E-state index in [1.807, 2.05) is 0 Å². The van der Waals surface area contributed by atoms with Gasteiger partial charge >= 0.3 is 97.7 Å². The van der Waals surface area contributed by atoms with Crippen LogP contribution >= 0.6 is 0 Å². The van der Waals surface area contributed by atoms with Crippen LogP contribution in [0.15, 0.2) is 0 Å². The van der Waals surface area contributed by atoms with Crippen LogP contribution in [0.5, 0.6) is 0 Å². The van der Waals surface area contributed by atoms with Crippen molar-refractivity contribution in [3.63, 3.8) is 0 Å². The molecule has 0 N–H and O–H groups in total. The van der Waals surface area contributed by atoms with Crippen LogP contribution in [0.4, 0.5) is 0 Å². The van der Waals surface area contributed by atoms with Crippen LogP contribution < -0.4 is 0 Å². The Morgan fingerprint density at radius 1 is 0.286 bits per heavy atom. The molecule has 0 aromatic heterocycles. The van der Waals surface area contributed by atoms with Crippen LogP contribution in [0.25, 0.3) is 0 Å². The molecular formula is Bi4Sb4Se3Te3. The summed E-state index contributed by atoms with van der Waals surface area (Å²) >= 11 is 0. The fraction of sp³-hybridized carbons (Fsp3) is 0. The Labute approximate surface area is 315 Å². The van der Waals surface area contributed by atoms with Crippen molar-refractivity contribution >= 4 is 325 Å². The zero-order valence-electron chi connectivity index (χ0n) is 6.03. The summed E-state index contributed by atoms with van der Waals surface area (Å²) in [7, 11) is 0. The van der Waals surface area contributed by atoms with Crippen LogP contribution in [0, 0.1) is 0 Å². The fourth-order valence-corrected chi connectivity index (χ4v) is 0. The molecule has 14 heteroatoms. The van der Waals surface area contributed by atoms with Gasteiger partial charge in [-0.25, -0.2) is 0 Å². The molecule has 0 rings (SSSR count). The van der Waals surface area contributed by atoms with E-state index in [0.717, 1.165) is 0 Å². The van der Waals surface area contributed by atoms with Gasteiger partial charge in [0.05, 0.1) is 0 Å². The zero-order chi connectivity index (χ0) is 0. The molecule has 76 valence electrons. The molecule has 20 radical (unpaired) electrons. The minimum absolute atomic E-state index is 0. The predicted molar refractivity (Wildman–Crippen MR) is 80.6 cm³/mol. The molecule has 0 spiro atoms. The first kappa shape index (κ1) is 121. The third-order valence-electron chi connectivity index (χ3n) is 0. The van der Waals surface area contributed by atoms with Gasteiger partial charge in [0.25, 0.3) is 0 Å². The molecule has 0 amide bonds. The molecule has 0 bridgehead atoms. The second-order valence-electron chi connectivity index (χ2n) is 0. The summed E-state index contributed by atoms with van der Waals surface area (Å²) in [6.07, 6.45) is 0. The van der Waals surface area contributed by atoms with Crippen molar-refractivity contribution in [2.24, 2.45) is 0 Å². The molecule has 0 atom stereocenters. The van der Waals surface area contributed by atoms with Gasteiger partial charge in [-0.2, -0.15) is 0 Å². The van der Waals surface area contributed by atoms with Crippen molar-refractivity contribution in [3.8, 4) is 0 Å². The van der Waals surface area contributed by atoms with E-state index in [0.29, 0.717) is 0 Å². The number of rotatable bonds is 0. The van der Waals surface area contributed by atoms with E-state index in [9.17, 15) is 0 Å². The molecule has 0 aromatic rings. The minimum atomic E-state index is 0. The summed E-state index contributed by atoms with van der Waals surface area (Å²) in [6.45, 7) is 0. The molecular weight excluding hydrogens is 1940 g/mol. The van der Waals surface area contributed by atoms with Crippen LogP contribution in [-0.4, -0.2) is 325 Å². The second-order valence-corrected chi connectivity index (χ2v) is 0. The van der Waals surface area contributed by atoms with E-state index >= 15 is 0 Å². The summed E-state index contributed by atoms with van der Waals surface area (Å²) in [5.41, 5.74) is 0. The van der Waals surface area contributed by atoms with E-state index in [2.05, 4.69) is 0 Å².